The van der Waals surface area contributed by atoms with Crippen molar-refractivity contribution in [2.75, 3.05) is 23.8 Å². The Morgan fingerprint density at radius 2 is 2.35 bits per heavy atom. The van der Waals surface area contributed by atoms with E-state index in [0.29, 0.717) is 18.5 Å². The van der Waals surface area contributed by atoms with Crippen LogP contribution in [0.5, 0.6) is 0 Å². The van der Waals surface area contributed by atoms with Crippen LogP contribution in [0.25, 0.3) is 0 Å². The molecule has 1 heterocycles. The summed E-state index contributed by atoms with van der Waals surface area (Å²) in [6.45, 7) is 0.490. The Labute approximate surface area is 105 Å². The quantitative estimate of drug-likeness (QED) is 0.815. The monoisotopic (exact) mass is 249 g/mol. The fourth-order valence-electron chi connectivity index (χ4n) is 1.93. The van der Waals surface area contributed by atoms with Crippen molar-refractivity contribution >= 4 is 28.9 Å². The Bertz CT molecular complexity index is 495. The van der Waals surface area contributed by atoms with Crippen LogP contribution in [0.1, 0.15) is 12.0 Å². The lowest BCUT2D eigenvalue weighted by Gasteiger charge is -2.19. The molecule has 1 aliphatic rings. The third-order valence-electron chi connectivity index (χ3n) is 2.76. The van der Waals surface area contributed by atoms with Gasteiger partial charge in [-0.15, -0.1) is 11.6 Å². The second-order valence-electron chi connectivity index (χ2n) is 3.90. The summed E-state index contributed by atoms with van der Waals surface area (Å²) in [4.78, 5) is 13.4. The number of alkyl halides is 1. The highest BCUT2D eigenvalue weighted by Crippen LogP contribution is 2.31. The van der Waals surface area contributed by atoms with Gasteiger partial charge in [0.25, 0.3) is 0 Å². The number of hydrogen-bond donors (Lipinski definition) is 1. The molecule has 0 bridgehead atoms. The molecular formula is C12H12ClN3O. The third-order valence-corrected chi connectivity index (χ3v) is 3.06. The van der Waals surface area contributed by atoms with Gasteiger partial charge < -0.3 is 10.2 Å². The summed E-state index contributed by atoms with van der Waals surface area (Å²) >= 11 is 5.97. The zero-order chi connectivity index (χ0) is 12.4. The van der Waals surface area contributed by atoms with Gasteiger partial charge in [-0.2, -0.15) is 5.26 Å². The maximum Gasteiger partial charge on any atom is 0.228 e. The van der Waals surface area contributed by atoms with Gasteiger partial charge in [-0.05, 0) is 18.2 Å². The van der Waals surface area contributed by atoms with Crippen LogP contribution in [0.4, 0.5) is 11.4 Å². The van der Waals surface area contributed by atoms with Crippen molar-refractivity contribution in [1.29, 1.82) is 5.26 Å². The summed E-state index contributed by atoms with van der Waals surface area (Å²) in [5.41, 5.74) is 2.08. The fourth-order valence-corrected chi connectivity index (χ4v) is 2.20. The Kier molecular flexibility index (Phi) is 3.21. The number of carbonyl (C=O) groups is 1. The average Bonchev–Trinajstić information content (AvgIpc) is 2.67. The van der Waals surface area contributed by atoms with E-state index in [1.165, 1.54) is 0 Å². The molecule has 1 N–H and O–H groups in total. The molecule has 4 nitrogen and oxygen atoms in total. The van der Waals surface area contributed by atoms with Gasteiger partial charge in [-0.3, -0.25) is 4.79 Å². The molecule has 0 saturated carbocycles. The van der Waals surface area contributed by atoms with E-state index in [-0.39, 0.29) is 11.3 Å². The predicted octanol–water partition coefficient (Wildman–Crippen LogP) is 1.94. The highest BCUT2D eigenvalue weighted by molar-refractivity contribution is 6.24. The van der Waals surface area contributed by atoms with Crippen LogP contribution in [0.2, 0.25) is 0 Å². The second-order valence-corrected chi connectivity index (χ2v) is 4.52. The molecule has 0 radical (unpaired) electrons. The lowest BCUT2D eigenvalue weighted by Crippen LogP contribution is -2.25. The van der Waals surface area contributed by atoms with Gasteiger partial charge in [0.05, 0.1) is 28.4 Å². The van der Waals surface area contributed by atoms with Crippen molar-refractivity contribution in [3.8, 4) is 6.07 Å². The Morgan fingerprint density at radius 1 is 1.59 bits per heavy atom. The third kappa shape index (κ3) is 2.20. The van der Waals surface area contributed by atoms with E-state index in [4.69, 9.17) is 16.9 Å². The van der Waals surface area contributed by atoms with Gasteiger partial charge in [0.2, 0.25) is 5.91 Å². The van der Waals surface area contributed by atoms with E-state index < -0.39 is 0 Å². The minimum absolute atomic E-state index is 0.00316. The number of rotatable bonds is 2. The van der Waals surface area contributed by atoms with Gasteiger partial charge in [-0.1, -0.05) is 0 Å². The molecular weight excluding hydrogens is 238 g/mol. The number of nitrogens with one attached hydrogen (secondary N) is 1. The molecule has 5 heteroatoms. The molecule has 1 aliphatic heterocycles. The van der Waals surface area contributed by atoms with Crippen molar-refractivity contribution in [2.24, 2.45) is 0 Å². The number of nitrogens with zero attached hydrogens (tertiary/aromatic N) is 2. The maximum absolute atomic E-state index is 11.8. The number of halogens is 1. The zero-order valence-electron chi connectivity index (χ0n) is 9.40. The molecule has 1 amide bonds. The first-order chi connectivity index (χ1) is 8.15. The standard InChI is InChI=1S/C12H12ClN3O/c1-15-10-3-2-8(6-14)4-11(10)16-7-9(13)5-12(16)17/h2-4,9,15H,5,7H2,1H3. The predicted molar refractivity (Wildman–Crippen MR) is 67.3 cm³/mol. The van der Waals surface area contributed by atoms with Crippen LogP contribution in [0, 0.1) is 11.3 Å². The maximum atomic E-state index is 11.8. The molecule has 1 fully saturated rings. The van der Waals surface area contributed by atoms with Crippen molar-refractivity contribution < 1.29 is 4.79 Å². The van der Waals surface area contributed by atoms with Gasteiger partial charge in [0.1, 0.15) is 0 Å². The Hall–Kier alpha value is -1.73. The Balaban J connectivity index is 2.43. The molecule has 1 unspecified atom stereocenters. The van der Waals surface area contributed by atoms with Gasteiger partial charge >= 0.3 is 0 Å². The molecule has 1 aromatic rings. The first-order valence-corrected chi connectivity index (χ1v) is 5.75. The minimum atomic E-state index is -0.155. The van der Waals surface area contributed by atoms with Gasteiger partial charge in [0.15, 0.2) is 0 Å². The normalized spacial score (nSPS) is 19.2. The van der Waals surface area contributed by atoms with Gasteiger partial charge in [0, 0.05) is 20.0 Å². The number of amides is 1. The van der Waals surface area contributed by atoms with E-state index in [9.17, 15) is 4.79 Å². The first kappa shape index (κ1) is 11.7. The molecule has 1 saturated heterocycles. The average molecular weight is 250 g/mol. The number of benzene rings is 1. The molecule has 17 heavy (non-hydrogen) atoms. The summed E-state index contributed by atoms with van der Waals surface area (Å²) < 4.78 is 0. The molecule has 0 spiro atoms. The number of hydrogen-bond acceptors (Lipinski definition) is 3. The number of nitriles is 1. The highest BCUT2D eigenvalue weighted by atomic mass is 35.5. The molecule has 2 rings (SSSR count). The van der Waals surface area contributed by atoms with Crippen molar-refractivity contribution in [3.63, 3.8) is 0 Å². The van der Waals surface area contributed by atoms with Crippen molar-refractivity contribution in [3.05, 3.63) is 23.8 Å². The summed E-state index contributed by atoms with van der Waals surface area (Å²) in [6, 6.07) is 7.29. The van der Waals surface area contributed by atoms with Crippen LogP contribution >= 0.6 is 11.6 Å². The van der Waals surface area contributed by atoms with Gasteiger partial charge in [-0.25, -0.2) is 0 Å². The largest absolute Gasteiger partial charge is 0.386 e. The van der Waals surface area contributed by atoms with Crippen LogP contribution in [-0.4, -0.2) is 24.9 Å². The molecule has 88 valence electrons. The fraction of sp³-hybridized carbons (Fsp3) is 0.333. The Morgan fingerprint density at radius 3 is 2.88 bits per heavy atom. The molecule has 0 aromatic heterocycles. The van der Waals surface area contributed by atoms with Crippen LogP contribution in [0.3, 0.4) is 0 Å². The van der Waals surface area contributed by atoms with Crippen molar-refractivity contribution in [1.82, 2.24) is 0 Å². The SMILES string of the molecule is CNc1ccc(C#N)cc1N1CC(Cl)CC1=O. The summed E-state index contributed by atoms with van der Waals surface area (Å²) in [7, 11) is 1.78. The first-order valence-electron chi connectivity index (χ1n) is 5.32. The summed E-state index contributed by atoms with van der Waals surface area (Å²) in [5.74, 6) is -0.00316. The number of anilines is 2. The lowest BCUT2D eigenvalue weighted by molar-refractivity contribution is -0.117. The van der Waals surface area contributed by atoms with Crippen LogP contribution < -0.4 is 10.2 Å². The smallest absolute Gasteiger partial charge is 0.228 e. The molecule has 0 aliphatic carbocycles. The van der Waals surface area contributed by atoms with Crippen molar-refractivity contribution in [2.45, 2.75) is 11.8 Å². The topological polar surface area (TPSA) is 56.1 Å². The summed E-state index contributed by atoms with van der Waals surface area (Å²) in [5, 5.41) is 11.7. The number of carbonyl (C=O) groups excluding carboxylic acids is 1. The van der Waals surface area contributed by atoms with E-state index in [1.807, 2.05) is 0 Å². The second kappa shape index (κ2) is 4.64. The van der Waals surface area contributed by atoms with E-state index in [1.54, 1.807) is 30.1 Å². The van der Waals surface area contributed by atoms with Crippen LogP contribution in [-0.2, 0) is 4.79 Å². The van der Waals surface area contributed by atoms with E-state index in [2.05, 4.69) is 11.4 Å². The van der Waals surface area contributed by atoms with E-state index in [0.717, 1.165) is 11.4 Å². The van der Waals surface area contributed by atoms with Crippen LogP contribution in [0.15, 0.2) is 18.2 Å². The van der Waals surface area contributed by atoms with E-state index >= 15 is 0 Å². The molecule has 1 atom stereocenters. The summed E-state index contributed by atoms with van der Waals surface area (Å²) in [6.07, 6.45) is 0.349. The zero-order valence-corrected chi connectivity index (χ0v) is 10.2. The minimum Gasteiger partial charge on any atom is -0.386 e. The molecule has 1 aromatic carbocycles. The highest BCUT2D eigenvalue weighted by Gasteiger charge is 2.30. The lowest BCUT2D eigenvalue weighted by atomic mass is 10.1.